The minimum Gasteiger partial charge on any atom is -0.317 e. The molecule has 0 aliphatic carbocycles. The van der Waals surface area contributed by atoms with Gasteiger partial charge in [-0.2, -0.15) is 5.10 Å². The van der Waals surface area contributed by atoms with Gasteiger partial charge in [-0.15, -0.1) is 0 Å². The van der Waals surface area contributed by atoms with Crippen LogP contribution in [0.3, 0.4) is 0 Å². The molecular formula is C35H39F2N5O2. The normalized spacial score (nSPS) is 14.7. The van der Waals surface area contributed by atoms with E-state index in [0.29, 0.717) is 11.5 Å². The Bertz CT molecular complexity index is 1620. The average molecular weight is 600 g/mol. The summed E-state index contributed by atoms with van der Waals surface area (Å²) in [4.78, 5) is 26.7. The first-order valence-corrected chi connectivity index (χ1v) is 15.0. The van der Waals surface area contributed by atoms with Crippen molar-refractivity contribution >= 4 is 23.3 Å². The summed E-state index contributed by atoms with van der Waals surface area (Å²) >= 11 is 0. The smallest absolute Gasteiger partial charge is 0.317 e. The van der Waals surface area contributed by atoms with Crippen molar-refractivity contribution in [2.45, 2.75) is 58.3 Å². The van der Waals surface area contributed by atoms with Crippen LogP contribution in [0, 0.1) is 24.5 Å². The molecule has 2 heterocycles. The molecule has 4 aromatic rings. The molecule has 230 valence electrons. The number of benzene rings is 3. The number of carbonyl (C=O) groups is 2. The Morgan fingerprint density at radius 1 is 0.955 bits per heavy atom. The summed E-state index contributed by atoms with van der Waals surface area (Å²) in [7, 11) is 0. The van der Waals surface area contributed by atoms with Gasteiger partial charge in [0.1, 0.15) is 23.2 Å². The van der Waals surface area contributed by atoms with Crippen LogP contribution in [0.2, 0.25) is 0 Å². The number of hydrogen-bond donors (Lipinski definition) is 3. The number of Topliss-reactive ketones (excluding diaryl/α,β-unsaturated/α-hetero) is 1. The van der Waals surface area contributed by atoms with E-state index >= 15 is 0 Å². The van der Waals surface area contributed by atoms with Crippen LogP contribution < -0.4 is 16.0 Å². The number of amides is 2. The molecule has 2 amide bonds. The zero-order valence-corrected chi connectivity index (χ0v) is 25.6. The number of carbonyl (C=O) groups excluding carboxylic acids is 2. The summed E-state index contributed by atoms with van der Waals surface area (Å²) in [5.74, 6) is -1.31. The second-order valence-electron chi connectivity index (χ2n) is 12.6. The molecule has 1 fully saturated rings. The number of anilines is 2. The zero-order chi connectivity index (χ0) is 31.4. The average Bonchev–Trinajstić information content (AvgIpc) is 3.41. The maximum absolute atomic E-state index is 14.4. The van der Waals surface area contributed by atoms with E-state index in [4.69, 9.17) is 5.10 Å². The number of piperidine rings is 1. The topological polar surface area (TPSA) is 88.1 Å². The molecule has 1 atom stereocenters. The Labute approximate surface area is 257 Å². The first-order valence-electron chi connectivity index (χ1n) is 15.0. The van der Waals surface area contributed by atoms with Crippen molar-refractivity contribution < 1.29 is 18.4 Å². The second kappa shape index (κ2) is 13.1. The van der Waals surface area contributed by atoms with Crippen LogP contribution in [0.25, 0.3) is 5.69 Å². The second-order valence-corrected chi connectivity index (χ2v) is 12.6. The molecule has 1 aliphatic heterocycles. The predicted octanol–water partition coefficient (Wildman–Crippen LogP) is 7.30. The highest BCUT2D eigenvalue weighted by Gasteiger charge is 2.31. The molecule has 1 saturated heterocycles. The van der Waals surface area contributed by atoms with Gasteiger partial charge in [-0.05, 0) is 80.2 Å². The lowest BCUT2D eigenvalue weighted by Crippen LogP contribution is -2.34. The van der Waals surface area contributed by atoms with Crippen molar-refractivity contribution in [3.63, 3.8) is 0 Å². The fraction of sp³-hybridized carbons (Fsp3) is 0.343. The number of aromatic nitrogens is 2. The molecule has 5 rings (SSSR count). The van der Waals surface area contributed by atoms with Crippen LogP contribution in [0.15, 0.2) is 72.8 Å². The van der Waals surface area contributed by atoms with Crippen LogP contribution in [0.5, 0.6) is 0 Å². The van der Waals surface area contributed by atoms with Gasteiger partial charge in [0.15, 0.2) is 0 Å². The van der Waals surface area contributed by atoms with E-state index in [1.165, 1.54) is 12.1 Å². The number of aryl methyl sites for hydroxylation is 1. The lowest BCUT2D eigenvalue weighted by molar-refractivity contribution is -0.121. The summed E-state index contributed by atoms with van der Waals surface area (Å²) in [5.41, 5.74) is 4.13. The predicted molar refractivity (Wildman–Crippen MR) is 169 cm³/mol. The Hall–Kier alpha value is -4.37. The number of urea groups is 1. The molecule has 3 aromatic carbocycles. The van der Waals surface area contributed by atoms with Crippen LogP contribution in [-0.2, 0) is 16.6 Å². The number of rotatable bonds is 8. The van der Waals surface area contributed by atoms with Gasteiger partial charge in [0, 0.05) is 35.6 Å². The van der Waals surface area contributed by atoms with Gasteiger partial charge in [0.05, 0.1) is 11.4 Å². The van der Waals surface area contributed by atoms with E-state index in [9.17, 15) is 18.4 Å². The summed E-state index contributed by atoms with van der Waals surface area (Å²) in [6.07, 6.45) is 1.51. The first kappa shape index (κ1) is 31.1. The number of halogens is 2. The van der Waals surface area contributed by atoms with E-state index in [0.717, 1.165) is 54.5 Å². The van der Waals surface area contributed by atoms with E-state index in [1.54, 1.807) is 16.8 Å². The molecular weight excluding hydrogens is 560 g/mol. The van der Waals surface area contributed by atoms with Crippen LogP contribution in [-0.4, -0.2) is 34.7 Å². The standard InChI is InChI=1S/C35H39F2N5O2/c1-22-5-13-28(14-6-22)42-32(21-31(41-42)35(2,3)4)40-34(44)39-27-11-8-23(9-12-27)33(24-15-17-38-18-16-24)30(43)19-25-7-10-26(36)20-29(25)37/h5-14,20-21,24,33,38H,15-19H2,1-4H3,(H2,39,40,44). The zero-order valence-electron chi connectivity index (χ0n) is 25.6. The third kappa shape index (κ3) is 7.39. The Morgan fingerprint density at radius 2 is 1.64 bits per heavy atom. The van der Waals surface area contributed by atoms with Gasteiger partial charge in [-0.1, -0.05) is 56.7 Å². The Morgan fingerprint density at radius 3 is 2.27 bits per heavy atom. The highest BCUT2D eigenvalue weighted by Crippen LogP contribution is 2.34. The number of ketones is 1. The number of hydrogen-bond acceptors (Lipinski definition) is 4. The van der Waals surface area contributed by atoms with Gasteiger partial charge in [-0.3, -0.25) is 10.1 Å². The quantitative estimate of drug-likeness (QED) is 0.198. The van der Waals surface area contributed by atoms with Crippen molar-refractivity contribution in [3.05, 3.63) is 107 Å². The summed E-state index contributed by atoms with van der Waals surface area (Å²) in [5, 5.41) is 13.9. The van der Waals surface area contributed by atoms with Crippen molar-refractivity contribution in [1.82, 2.24) is 15.1 Å². The largest absolute Gasteiger partial charge is 0.324 e. The van der Waals surface area contributed by atoms with Gasteiger partial charge < -0.3 is 10.6 Å². The monoisotopic (exact) mass is 599 g/mol. The summed E-state index contributed by atoms with van der Waals surface area (Å²) < 4.78 is 29.6. The lowest BCUT2D eigenvalue weighted by Gasteiger charge is -2.30. The van der Waals surface area contributed by atoms with Crippen molar-refractivity contribution in [2.75, 3.05) is 23.7 Å². The fourth-order valence-corrected chi connectivity index (χ4v) is 5.63. The van der Waals surface area contributed by atoms with E-state index < -0.39 is 23.6 Å². The SMILES string of the molecule is Cc1ccc(-n2nc(C(C)(C)C)cc2NC(=O)Nc2ccc(C(C(=O)Cc3ccc(F)cc3F)C3CCNCC3)cc2)cc1. The van der Waals surface area contributed by atoms with Gasteiger partial charge in [0.25, 0.3) is 0 Å². The molecule has 7 nitrogen and oxygen atoms in total. The third-order valence-corrected chi connectivity index (χ3v) is 8.11. The van der Waals surface area contributed by atoms with Gasteiger partial charge >= 0.3 is 6.03 Å². The molecule has 1 unspecified atom stereocenters. The number of nitrogens with zero attached hydrogens (tertiary/aromatic N) is 2. The maximum Gasteiger partial charge on any atom is 0.324 e. The minimum absolute atomic E-state index is 0.0911. The molecule has 9 heteroatoms. The highest BCUT2D eigenvalue weighted by atomic mass is 19.1. The van der Waals surface area contributed by atoms with E-state index in [2.05, 4.69) is 36.7 Å². The molecule has 0 spiro atoms. The highest BCUT2D eigenvalue weighted by molar-refractivity contribution is 5.99. The van der Waals surface area contributed by atoms with Crippen LogP contribution in [0.4, 0.5) is 25.1 Å². The van der Waals surface area contributed by atoms with E-state index in [1.807, 2.05) is 49.4 Å². The summed E-state index contributed by atoms with van der Waals surface area (Å²) in [6.45, 7) is 9.82. The third-order valence-electron chi connectivity index (χ3n) is 8.11. The molecule has 1 aromatic heterocycles. The van der Waals surface area contributed by atoms with Crippen molar-refractivity contribution in [3.8, 4) is 5.69 Å². The molecule has 1 aliphatic rings. The molecule has 0 saturated carbocycles. The van der Waals surface area contributed by atoms with Crippen LogP contribution in [0.1, 0.15) is 61.9 Å². The van der Waals surface area contributed by atoms with E-state index in [-0.39, 0.29) is 29.1 Å². The maximum atomic E-state index is 14.4. The molecule has 0 bridgehead atoms. The summed E-state index contributed by atoms with van der Waals surface area (Å²) in [6, 6.07) is 19.9. The molecule has 0 radical (unpaired) electrons. The Balaban J connectivity index is 1.33. The van der Waals surface area contributed by atoms with Crippen LogP contribution >= 0.6 is 0 Å². The van der Waals surface area contributed by atoms with Crippen molar-refractivity contribution in [1.29, 1.82) is 0 Å². The molecule has 44 heavy (non-hydrogen) atoms. The van der Waals surface area contributed by atoms with Crippen molar-refractivity contribution in [2.24, 2.45) is 5.92 Å². The minimum atomic E-state index is -0.716. The Kier molecular flexibility index (Phi) is 9.25. The van der Waals surface area contributed by atoms with Gasteiger partial charge in [-0.25, -0.2) is 18.3 Å². The first-order chi connectivity index (χ1) is 21.0. The lowest BCUT2D eigenvalue weighted by atomic mass is 9.76. The van der Waals surface area contributed by atoms with Gasteiger partial charge in [0.2, 0.25) is 0 Å². The fourth-order valence-electron chi connectivity index (χ4n) is 5.63. The number of nitrogens with one attached hydrogen (secondary N) is 3. The molecule has 3 N–H and O–H groups in total.